The molecule has 1 aromatic heterocycles. The molecule has 1 aromatic carbocycles. The first-order valence-corrected chi connectivity index (χ1v) is 6.73. The first-order valence-electron chi connectivity index (χ1n) is 5.98. The highest BCUT2D eigenvalue weighted by atomic mass is 35.5. The number of hydrazine groups is 1. The topological polar surface area (TPSA) is 60.2 Å². The zero-order valence-corrected chi connectivity index (χ0v) is 11.9. The Morgan fingerprint density at radius 2 is 2.21 bits per heavy atom. The van der Waals surface area contributed by atoms with Gasteiger partial charge in [-0.15, -0.1) is 0 Å². The van der Waals surface area contributed by atoms with E-state index in [9.17, 15) is 0 Å². The Hall–Kier alpha value is -1.07. The van der Waals surface area contributed by atoms with Crippen molar-refractivity contribution in [2.45, 2.75) is 20.0 Å². The number of fused-ring (bicyclic) bond motifs is 2. The zero-order valence-electron chi connectivity index (χ0n) is 10.4. The summed E-state index contributed by atoms with van der Waals surface area (Å²) in [6, 6.07) is 1.82. The maximum atomic E-state index is 6.39. The second-order valence-electron chi connectivity index (χ2n) is 4.57. The van der Waals surface area contributed by atoms with Crippen LogP contribution in [-0.2, 0) is 17.8 Å². The molecule has 0 fully saturated rings. The van der Waals surface area contributed by atoms with Gasteiger partial charge in [-0.25, -0.2) is 0 Å². The van der Waals surface area contributed by atoms with Gasteiger partial charge in [-0.2, -0.15) is 0 Å². The number of nitrogens with two attached hydrogens (primary N) is 1. The molecule has 0 aliphatic carbocycles. The standard InChI is InChI=1S/C13H13Cl2N3O/c1-6-4-8(14)13-10(11(6)15)12(18-16)7-5-19-3-2-9(7)17-13/h4H,2-3,5,16H2,1H3,(H,17,18). The van der Waals surface area contributed by atoms with Crippen molar-refractivity contribution >= 4 is 39.8 Å². The van der Waals surface area contributed by atoms with Gasteiger partial charge in [-0.3, -0.25) is 10.8 Å². The maximum absolute atomic E-state index is 6.39. The molecule has 100 valence electrons. The quantitative estimate of drug-likeness (QED) is 0.627. The molecule has 3 rings (SSSR count). The summed E-state index contributed by atoms with van der Waals surface area (Å²) < 4.78 is 5.48. The molecule has 0 atom stereocenters. The van der Waals surface area contributed by atoms with Crippen LogP contribution < -0.4 is 11.3 Å². The number of nitrogen functional groups attached to an aromatic ring is 1. The SMILES string of the molecule is Cc1cc(Cl)c2nc3c(c(NN)c2c1Cl)COCC3. The second kappa shape index (κ2) is 4.80. The number of nitrogens with one attached hydrogen (secondary N) is 1. The molecule has 1 aliphatic rings. The fourth-order valence-electron chi connectivity index (χ4n) is 2.44. The molecular formula is C13H13Cl2N3O. The summed E-state index contributed by atoms with van der Waals surface area (Å²) in [6.07, 6.45) is 0.752. The first-order chi connectivity index (χ1) is 9.13. The number of aromatic nitrogens is 1. The van der Waals surface area contributed by atoms with Crippen molar-refractivity contribution in [2.75, 3.05) is 12.0 Å². The van der Waals surface area contributed by atoms with E-state index in [0.29, 0.717) is 28.8 Å². The predicted octanol–water partition coefficient (Wildman–Crippen LogP) is 3.21. The number of nitrogens with zero attached hydrogens (tertiary/aromatic N) is 1. The Balaban J connectivity index is 2.47. The number of rotatable bonds is 1. The van der Waals surface area contributed by atoms with Crippen LogP contribution in [0.5, 0.6) is 0 Å². The van der Waals surface area contributed by atoms with Crippen molar-refractivity contribution in [3.63, 3.8) is 0 Å². The van der Waals surface area contributed by atoms with Gasteiger partial charge in [0.1, 0.15) is 0 Å². The van der Waals surface area contributed by atoms with Crippen molar-refractivity contribution in [3.8, 4) is 0 Å². The van der Waals surface area contributed by atoms with E-state index in [1.807, 2.05) is 13.0 Å². The number of benzene rings is 1. The minimum atomic E-state index is 0.486. The lowest BCUT2D eigenvalue weighted by atomic mass is 10.0. The highest BCUT2D eigenvalue weighted by Crippen LogP contribution is 2.39. The molecule has 0 amide bonds. The third kappa shape index (κ3) is 1.96. The van der Waals surface area contributed by atoms with Crippen molar-refractivity contribution < 1.29 is 4.74 Å². The van der Waals surface area contributed by atoms with Crippen LogP contribution >= 0.6 is 23.2 Å². The lowest BCUT2D eigenvalue weighted by Gasteiger charge is -2.22. The van der Waals surface area contributed by atoms with Gasteiger partial charge >= 0.3 is 0 Å². The number of ether oxygens (including phenoxy) is 1. The summed E-state index contributed by atoms with van der Waals surface area (Å²) in [5.74, 6) is 5.67. The van der Waals surface area contributed by atoms with Crippen LogP contribution in [0.15, 0.2) is 6.07 Å². The molecule has 0 radical (unpaired) electrons. The minimum Gasteiger partial charge on any atom is -0.376 e. The average molecular weight is 298 g/mol. The van der Waals surface area contributed by atoms with Gasteiger partial charge in [0, 0.05) is 17.4 Å². The van der Waals surface area contributed by atoms with E-state index >= 15 is 0 Å². The summed E-state index contributed by atoms with van der Waals surface area (Å²) in [4.78, 5) is 4.63. The number of halogens is 2. The van der Waals surface area contributed by atoms with Crippen molar-refractivity contribution in [2.24, 2.45) is 5.84 Å². The van der Waals surface area contributed by atoms with Gasteiger partial charge in [0.2, 0.25) is 0 Å². The molecule has 2 aromatic rings. The maximum Gasteiger partial charge on any atom is 0.0928 e. The Morgan fingerprint density at radius 1 is 1.42 bits per heavy atom. The van der Waals surface area contributed by atoms with E-state index in [-0.39, 0.29) is 0 Å². The van der Waals surface area contributed by atoms with Crippen molar-refractivity contribution in [3.05, 3.63) is 32.9 Å². The summed E-state index contributed by atoms with van der Waals surface area (Å²) in [6.45, 7) is 3.05. The van der Waals surface area contributed by atoms with E-state index in [1.54, 1.807) is 0 Å². The van der Waals surface area contributed by atoms with Crippen LogP contribution in [-0.4, -0.2) is 11.6 Å². The fourth-order valence-corrected chi connectivity index (χ4v) is 2.98. The highest BCUT2D eigenvalue weighted by Gasteiger charge is 2.21. The Morgan fingerprint density at radius 3 is 2.95 bits per heavy atom. The summed E-state index contributed by atoms with van der Waals surface area (Å²) in [7, 11) is 0. The molecule has 6 heteroatoms. The molecular weight excluding hydrogens is 285 g/mol. The summed E-state index contributed by atoms with van der Waals surface area (Å²) in [5.41, 5.74) is 7.00. The van der Waals surface area contributed by atoms with E-state index < -0.39 is 0 Å². The molecule has 2 heterocycles. The van der Waals surface area contributed by atoms with Crippen LogP contribution in [0.25, 0.3) is 10.9 Å². The molecule has 0 saturated carbocycles. The highest BCUT2D eigenvalue weighted by molar-refractivity contribution is 6.41. The van der Waals surface area contributed by atoms with Crippen LogP contribution in [0.3, 0.4) is 0 Å². The van der Waals surface area contributed by atoms with Crippen LogP contribution in [0.1, 0.15) is 16.8 Å². The second-order valence-corrected chi connectivity index (χ2v) is 5.36. The van der Waals surface area contributed by atoms with Gasteiger partial charge in [0.15, 0.2) is 0 Å². The molecule has 0 saturated heterocycles. The number of hydrogen-bond donors (Lipinski definition) is 2. The smallest absolute Gasteiger partial charge is 0.0928 e. The van der Waals surface area contributed by atoms with Gasteiger partial charge in [-0.1, -0.05) is 23.2 Å². The first kappa shape index (κ1) is 12.9. The lowest BCUT2D eigenvalue weighted by Crippen LogP contribution is -2.18. The van der Waals surface area contributed by atoms with Crippen LogP contribution in [0.2, 0.25) is 10.0 Å². The molecule has 4 nitrogen and oxygen atoms in total. The van der Waals surface area contributed by atoms with E-state index in [4.69, 9.17) is 33.8 Å². The van der Waals surface area contributed by atoms with Crippen LogP contribution in [0, 0.1) is 6.92 Å². The average Bonchev–Trinajstić information content (AvgIpc) is 2.42. The number of hydrogen-bond acceptors (Lipinski definition) is 4. The van der Waals surface area contributed by atoms with Gasteiger partial charge in [-0.05, 0) is 18.6 Å². The Kier molecular flexibility index (Phi) is 3.27. The van der Waals surface area contributed by atoms with Gasteiger partial charge < -0.3 is 10.2 Å². The zero-order chi connectivity index (χ0) is 13.6. The third-order valence-electron chi connectivity index (χ3n) is 3.39. The number of pyridine rings is 1. The number of aryl methyl sites for hydroxylation is 1. The molecule has 3 N–H and O–H groups in total. The van der Waals surface area contributed by atoms with Crippen LogP contribution in [0.4, 0.5) is 5.69 Å². The molecule has 0 bridgehead atoms. The monoisotopic (exact) mass is 297 g/mol. The summed E-state index contributed by atoms with van der Waals surface area (Å²) in [5, 5.41) is 1.97. The summed E-state index contributed by atoms with van der Waals surface area (Å²) >= 11 is 12.7. The number of anilines is 1. The van der Waals surface area contributed by atoms with Crippen molar-refractivity contribution in [1.82, 2.24) is 4.98 Å². The van der Waals surface area contributed by atoms with E-state index in [2.05, 4.69) is 10.4 Å². The van der Waals surface area contributed by atoms with Gasteiger partial charge in [0.25, 0.3) is 0 Å². The van der Waals surface area contributed by atoms with Gasteiger partial charge in [0.05, 0.1) is 40.2 Å². The largest absolute Gasteiger partial charge is 0.376 e. The predicted molar refractivity (Wildman–Crippen MR) is 77.7 cm³/mol. The van der Waals surface area contributed by atoms with E-state index in [0.717, 1.165) is 34.3 Å². The van der Waals surface area contributed by atoms with E-state index in [1.165, 1.54) is 0 Å². The fraction of sp³-hybridized carbons (Fsp3) is 0.308. The minimum absolute atomic E-state index is 0.486. The molecule has 19 heavy (non-hydrogen) atoms. The lowest BCUT2D eigenvalue weighted by molar-refractivity contribution is 0.110. The molecule has 0 spiro atoms. The third-order valence-corrected chi connectivity index (χ3v) is 4.17. The molecule has 1 aliphatic heterocycles. The normalized spacial score (nSPS) is 14.5. The Bertz CT molecular complexity index is 673. The molecule has 0 unspecified atom stereocenters. The van der Waals surface area contributed by atoms with Crippen molar-refractivity contribution in [1.29, 1.82) is 0 Å². The Labute approximate surface area is 120 Å².